The Morgan fingerprint density at radius 1 is 1.09 bits per heavy atom. The SMILES string of the molecule is CC(C)Oc1ccc(-c2nc(-c3cccc4c3CC[C@@H]4NCc3ccccc3)no2)cc1N. The Morgan fingerprint density at radius 2 is 1.94 bits per heavy atom. The fourth-order valence-electron chi connectivity index (χ4n) is 4.41. The standard InChI is InChI=1S/C27H28N4O2/c1-17(2)32-25-14-11-19(15-23(25)28)27-30-26(31-33-27)22-10-6-9-21-20(22)12-13-24(21)29-16-18-7-4-3-5-8-18/h3-11,14-15,17,24,29H,12-13,16,28H2,1-2H3/t24-/m0/s1. The zero-order chi connectivity index (χ0) is 22.8. The first-order valence-electron chi connectivity index (χ1n) is 11.4. The van der Waals surface area contributed by atoms with Gasteiger partial charge >= 0.3 is 0 Å². The van der Waals surface area contributed by atoms with Crippen molar-refractivity contribution in [1.82, 2.24) is 15.5 Å². The maximum absolute atomic E-state index is 6.16. The molecule has 0 bridgehead atoms. The summed E-state index contributed by atoms with van der Waals surface area (Å²) in [5.41, 5.74) is 12.4. The fraction of sp³-hybridized carbons (Fsp3) is 0.259. The Morgan fingerprint density at radius 3 is 2.73 bits per heavy atom. The molecule has 1 aliphatic rings. The summed E-state index contributed by atoms with van der Waals surface area (Å²) < 4.78 is 11.3. The summed E-state index contributed by atoms with van der Waals surface area (Å²) in [6.45, 7) is 4.79. The monoisotopic (exact) mass is 440 g/mol. The number of hydrogen-bond donors (Lipinski definition) is 2. The van der Waals surface area contributed by atoms with Crippen molar-refractivity contribution in [3.05, 3.63) is 83.4 Å². The van der Waals surface area contributed by atoms with Gasteiger partial charge in [0.15, 0.2) is 0 Å². The Kier molecular flexibility index (Phi) is 5.84. The van der Waals surface area contributed by atoms with Crippen LogP contribution >= 0.6 is 0 Å². The van der Waals surface area contributed by atoms with E-state index in [9.17, 15) is 0 Å². The van der Waals surface area contributed by atoms with E-state index in [2.05, 4.69) is 57.9 Å². The van der Waals surface area contributed by atoms with Gasteiger partial charge in [0.2, 0.25) is 5.82 Å². The van der Waals surface area contributed by atoms with Gasteiger partial charge in [0.1, 0.15) is 5.75 Å². The molecule has 33 heavy (non-hydrogen) atoms. The molecule has 0 unspecified atom stereocenters. The second-order valence-electron chi connectivity index (χ2n) is 8.67. The number of nitrogens with zero attached hydrogens (tertiary/aromatic N) is 2. The number of nitrogen functional groups attached to an aromatic ring is 1. The number of aromatic nitrogens is 2. The van der Waals surface area contributed by atoms with Crippen LogP contribution in [0, 0.1) is 0 Å². The number of ether oxygens (including phenoxy) is 1. The summed E-state index contributed by atoms with van der Waals surface area (Å²) in [5, 5.41) is 7.98. The fourth-order valence-corrected chi connectivity index (χ4v) is 4.41. The number of nitrogens with one attached hydrogen (secondary N) is 1. The maximum Gasteiger partial charge on any atom is 0.258 e. The molecule has 0 fully saturated rings. The van der Waals surface area contributed by atoms with Gasteiger partial charge in [-0.2, -0.15) is 4.98 Å². The van der Waals surface area contributed by atoms with E-state index in [1.54, 1.807) is 0 Å². The van der Waals surface area contributed by atoms with Crippen LogP contribution in [0.15, 0.2) is 71.3 Å². The largest absolute Gasteiger partial charge is 0.489 e. The zero-order valence-electron chi connectivity index (χ0n) is 18.9. The molecular formula is C27H28N4O2. The number of rotatable bonds is 7. The number of fused-ring (bicyclic) bond motifs is 1. The Labute approximate surface area is 193 Å². The third-order valence-electron chi connectivity index (χ3n) is 5.95. The first-order valence-corrected chi connectivity index (χ1v) is 11.4. The quantitative estimate of drug-likeness (QED) is 0.367. The number of benzene rings is 3. The van der Waals surface area contributed by atoms with Gasteiger partial charge in [0, 0.05) is 23.7 Å². The van der Waals surface area contributed by atoms with Crippen molar-refractivity contribution in [1.29, 1.82) is 0 Å². The van der Waals surface area contributed by atoms with Crippen molar-refractivity contribution in [3.8, 4) is 28.6 Å². The van der Waals surface area contributed by atoms with Gasteiger partial charge in [-0.25, -0.2) is 0 Å². The molecule has 0 saturated carbocycles. The molecular weight excluding hydrogens is 412 g/mol. The first-order chi connectivity index (χ1) is 16.1. The van der Waals surface area contributed by atoms with E-state index in [0.29, 0.717) is 29.2 Å². The van der Waals surface area contributed by atoms with E-state index in [1.165, 1.54) is 16.7 Å². The maximum atomic E-state index is 6.16. The summed E-state index contributed by atoms with van der Waals surface area (Å²) in [5.74, 6) is 1.71. The lowest BCUT2D eigenvalue weighted by atomic mass is 10.0. The summed E-state index contributed by atoms with van der Waals surface area (Å²) in [7, 11) is 0. The van der Waals surface area contributed by atoms with Crippen molar-refractivity contribution in [2.24, 2.45) is 0 Å². The second kappa shape index (κ2) is 9.08. The predicted octanol–water partition coefficient (Wildman–Crippen LogP) is 5.55. The van der Waals surface area contributed by atoms with Crippen molar-refractivity contribution in [2.75, 3.05) is 5.73 Å². The smallest absolute Gasteiger partial charge is 0.258 e. The molecule has 1 atom stereocenters. The highest BCUT2D eigenvalue weighted by atomic mass is 16.5. The molecule has 6 nitrogen and oxygen atoms in total. The molecule has 1 aliphatic carbocycles. The lowest BCUT2D eigenvalue weighted by Crippen LogP contribution is -2.18. The minimum Gasteiger partial charge on any atom is -0.489 e. The molecule has 1 heterocycles. The highest BCUT2D eigenvalue weighted by Gasteiger charge is 2.26. The molecule has 1 aromatic heterocycles. The summed E-state index contributed by atoms with van der Waals surface area (Å²) in [4.78, 5) is 4.68. The van der Waals surface area contributed by atoms with Gasteiger partial charge < -0.3 is 20.3 Å². The van der Waals surface area contributed by atoms with Gasteiger partial charge in [-0.05, 0) is 61.6 Å². The Hall–Kier alpha value is -3.64. The molecule has 3 aromatic carbocycles. The van der Waals surface area contributed by atoms with Crippen LogP contribution in [0.1, 0.15) is 43.0 Å². The van der Waals surface area contributed by atoms with Crippen LogP contribution in [-0.4, -0.2) is 16.2 Å². The van der Waals surface area contributed by atoms with Gasteiger partial charge in [0.25, 0.3) is 5.89 Å². The third kappa shape index (κ3) is 4.47. The Bertz CT molecular complexity index is 1250. The van der Waals surface area contributed by atoms with Crippen molar-refractivity contribution < 1.29 is 9.26 Å². The first kappa shape index (κ1) is 21.2. The van der Waals surface area contributed by atoms with Gasteiger partial charge in [-0.1, -0.05) is 53.7 Å². The summed E-state index contributed by atoms with van der Waals surface area (Å²) in [6, 6.07) is 22.7. The molecule has 0 saturated heterocycles. The molecule has 0 radical (unpaired) electrons. The van der Waals surface area contributed by atoms with Crippen molar-refractivity contribution in [3.63, 3.8) is 0 Å². The topological polar surface area (TPSA) is 86.2 Å². The Balaban J connectivity index is 1.36. The number of hydrogen-bond acceptors (Lipinski definition) is 6. The molecule has 6 heteroatoms. The van der Waals surface area contributed by atoms with Crippen LogP contribution in [0.2, 0.25) is 0 Å². The molecule has 168 valence electrons. The molecule has 0 spiro atoms. The average molecular weight is 441 g/mol. The van der Waals surface area contributed by atoms with Gasteiger partial charge in [0.05, 0.1) is 11.8 Å². The van der Waals surface area contributed by atoms with E-state index >= 15 is 0 Å². The van der Waals surface area contributed by atoms with E-state index in [-0.39, 0.29) is 6.10 Å². The molecule has 3 N–H and O–H groups in total. The summed E-state index contributed by atoms with van der Waals surface area (Å²) in [6.07, 6.45) is 2.09. The van der Waals surface area contributed by atoms with Crippen LogP contribution in [0.5, 0.6) is 5.75 Å². The molecule has 5 rings (SSSR count). The van der Waals surface area contributed by atoms with E-state index < -0.39 is 0 Å². The van der Waals surface area contributed by atoms with Crippen LogP contribution in [0.4, 0.5) is 5.69 Å². The van der Waals surface area contributed by atoms with Crippen molar-refractivity contribution >= 4 is 5.69 Å². The van der Waals surface area contributed by atoms with Crippen molar-refractivity contribution in [2.45, 2.75) is 45.4 Å². The lowest BCUT2D eigenvalue weighted by molar-refractivity contribution is 0.244. The number of nitrogens with two attached hydrogens (primary N) is 1. The van der Waals surface area contributed by atoms with Crippen LogP contribution < -0.4 is 15.8 Å². The number of anilines is 1. The zero-order valence-corrected chi connectivity index (χ0v) is 18.9. The van der Waals surface area contributed by atoms with E-state index in [0.717, 1.165) is 30.5 Å². The second-order valence-corrected chi connectivity index (χ2v) is 8.67. The third-order valence-corrected chi connectivity index (χ3v) is 5.95. The highest BCUT2D eigenvalue weighted by Crippen LogP contribution is 2.38. The highest BCUT2D eigenvalue weighted by molar-refractivity contribution is 5.69. The predicted molar refractivity (Wildman–Crippen MR) is 130 cm³/mol. The van der Waals surface area contributed by atoms with E-state index in [4.69, 9.17) is 15.0 Å². The van der Waals surface area contributed by atoms with Crippen LogP contribution in [0.25, 0.3) is 22.8 Å². The van der Waals surface area contributed by atoms with E-state index in [1.807, 2.05) is 38.1 Å². The minimum absolute atomic E-state index is 0.0549. The lowest BCUT2D eigenvalue weighted by Gasteiger charge is -2.14. The minimum atomic E-state index is 0.0549. The van der Waals surface area contributed by atoms with Gasteiger partial charge in [-0.3, -0.25) is 0 Å². The molecule has 0 aliphatic heterocycles. The van der Waals surface area contributed by atoms with Crippen LogP contribution in [-0.2, 0) is 13.0 Å². The normalized spacial score (nSPS) is 15.1. The van der Waals surface area contributed by atoms with Gasteiger partial charge in [-0.15, -0.1) is 0 Å². The average Bonchev–Trinajstić information content (AvgIpc) is 3.47. The van der Waals surface area contributed by atoms with Crippen LogP contribution in [0.3, 0.4) is 0 Å². The molecule has 0 amide bonds. The molecule has 4 aromatic rings. The summed E-state index contributed by atoms with van der Waals surface area (Å²) >= 11 is 0.